The van der Waals surface area contributed by atoms with E-state index in [0.717, 1.165) is 58.4 Å². The predicted octanol–water partition coefficient (Wildman–Crippen LogP) is 1.46. The van der Waals surface area contributed by atoms with Gasteiger partial charge in [-0.2, -0.15) is 0 Å². The van der Waals surface area contributed by atoms with Gasteiger partial charge < -0.3 is 24.8 Å². The lowest BCUT2D eigenvalue weighted by Crippen LogP contribution is -2.50. The van der Waals surface area contributed by atoms with Crippen LogP contribution in [0.25, 0.3) is 0 Å². The third-order valence-corrected chi connectivity index (χ3v) is 4.70. The van der Waals surface area contributed by atoms with Crippen LogP contribution in [0.4, 0.5) is 0 Å². The second kappa shape index (κ2) is 13.1. The van der Waals surface area contributed by atoms with Gasteiger partial charge in [0, 0.05) is 37.8 Å². The van der Waals surface area contributed by atoms with Gasteiger partial charge in [0.05, 0.1) is 39.1 Å². The third-order valence-electron chi connectivity index (χ3n) is 4.70. The summed E-state index contributed by atoms with van der Waals surface area (Å²) in [4.78, 5) is 7.25. The first kappa shape index (κ1) is 23.9. The molecule has 26 heavy (non-hydrogen) atoms. The predicted molar refractivity (Wildman–Crippen MR) is 116 cm³/mol. The largest absolute Gasteiger partial charge is 0.379 e. The summed E-state index contributed by atoms with van der Waals surface area (Å²) in [7, 11) is 0. The van der Waals surface area contributed by atoms with Crippen molar-refractivity contribution in [3.63, 3.8) is 0 Å². The molecule has 0 spiro atoms. The molecule has 0 aromatic rings. The van der Waals surface area contributed by atoms with Crippen molar-refractivity contribution in [3.05, 3.63) is 0 Å². The van der Waals surface area contributed by atoms with E-state index in [2.05, 4.69) is 43.2 Å². The second-order valence-corrected chi connectivity index (χ2v) is 7.09. The van der Waals surface area contributed by atoms with Crippen LogP contribution >= 0.6 is 24.0 Å². The Bertz CT molecular complexity index is 408. The van der Waals surface area contributed by atoms with Crippen LogP contribution in [0.5, 0.6) is 0 Å². The molecule has 2 fully saturated rings. The summed E-state index contributed by atoms with van der Waals surface area (Å²) in [6, 6.07) is 1.06. The average Bonchev–Trinajstić information content (AvgIpc) is 3.12. The normalized spacial score (nSPS) is 26.8. The summed E-state index contributed by atoms with van der Waals surface area (Å²) >= 11 is 0. The quantitative estimate of drug-likeness (QED) is 0.309. The molecule has 0 bridgehead atoms. The van der Waals surface area contributed by atoms with Crippen LogP contribution in [0.15, 0.2) is 4.99 Å². The summed E-state index contributed by atoms with van der Waals surface area (Å²) in [5.74, 6) is 0.856. The van der Waals surface area contributed by atoms with Crippen molar-refractivity contribution < 1.29 is 14.2 Å². The first-order chi connectivity index (χ1) is 12.1. The molecular weight excluding hydrogens is 447 g/mol. The Labute approximate surface area is 175 Å². The van der Waals surface area contributed by atoms with E-state index in [1.165, 1.54) is 0 Å². The van der Waals surface area contributed by atoms with Crippen LogP contribution in [0.3, 0.4) is 0 Å². The first-order valence-corrected chi connectivity index (χ1v) is 9.67. The van der Waals surface area contributed by atoms with E-state index >= 15 is 0 Å². The van der Waals surface area contributed by atoms with Gasteiger partial charge in [0.25, 0.3) is 0 Å². The number of hydrogen-bond donors (Lipinski definition) is 2. The fourth-order valence-electron chi connectivity index (χ4n) is 3.24. The first-order valence-electron chi connectivity index (χ1n) is 9.67. The van der Waals surface area contributed by atoms with Gasteiger partial charge in [0.1, 0.15) is 0 Å². The van der Waals surface area contributed by atoms with E-state index in [9.17, 15) is 0 Å². The number of morpholine rings is 1. The molecule has 2 rings (SSSR count). The van der Waals surface area contributed by atoms with Gasteiger partial charge in [-0.3, -0.25) is 9.89 Å². The maximum Gasteiger partial charge on any atom is 0.191 e. The van der Waals surface area contributed by atoms with E-state index < -0.39 is 0 Å². The monoisotopic (exact) mass is 484 g/mol. The molecule has 0 amide bonds. The number of nitrogens with zero attached hydrogens (tertiary/aromatic N) is 2. The van der Waals surface area contributed by atoms with E-state index in [0.29, 0.717) is 18.7 Å². The molecule has 0 saturated carbocycles. The van der Waals surface area contributed by atoms with E-state index in [-0.39, 0.29) is 36.1 Å². The van der Waals surface area contributed by atoms with Crippen molar-refractivity contribution in [2.45, 2.75) is 58.3 Å². The van der Waals surface area contributed by atoms with Crippen LogP contribution < -0.4 is 10.6 Å². The number of aliphatic imine (C=N–C) groups is 1. The molecule has 2 aliphatic heterocycles. The Balaban J connectivity index is 0.00000338. The standard InChI is InChI=1S/C18H36N4O3.HI/c1-5-19-18(21-14(2)11-25-17-6-8-23-13-17)20-10-15(3)22-7-9-24-12-16(22)4;/h14-17H,5-13H2,1-4H3,(H2,19,20,21);1H. The molecule has 8 heteroatoms. The minimum Gasteiger partial charge on any atom is -0.379 e. The smallest absolute Gasteiger partial charge is 0.191 e. The maximum absolute atomic E-state index is 5.89. The van der Waals surface area contributed by atoms with E-state index in [1.807, 2.05) is 0 Å². The van der Waals surface area contributed by atoms with Crippen molar-refractivity contribution in [1.29, 1.82) is 0 Å². The number of hydrogen-bond acceptors (Lipinski definition) is 5. The molecule has 2 aliphatic rings. The number of halogens is 1. The van der Waals surface area contributed by atoms with Crippen LogP contribution in [0, 0.1) is 0 Å². The van der Waals surface area contributed by atoms with Crippen LogP contribution in [-0.4, -0.2) is 87.8 Å². The molecule has 0 radical (unpaired) electrons. The Kier molecular flexibility index (Phi) is 12.0. The number of guanidine groups is 1. The molecular formula is C18H37IN4O3. The highest BCUT2D eigenvalue weighted by Crippen LogP contribution is 2.11. The molecule has 0 aromatic heterocycles. The van der Waals surface area contributed by atoms with Crippen LogP contribution in [0.1, 0.15) is 34.1 Å². The fraction of sp³-hybridized carbons (Fsp3) is 0.944. The molecule has 7 nitrogen and oxygen atoms in total. The fourth-order valence-corrected chi connectivity index (χ4v) is 3.24. The molecule has 4 atom stereocenters. The zero-order valence-electron chi connectivity index (χ0n) is 16.7. The third kappa shape index (κ3) is 8.24. The second-order valence-electron chi connectivity index (χ2n) is 7.09. The number of ether oxygens (including phenoxy) is 3. The van der Waals surface area contributed by atoms with Gasteiger partial charge in [-0.25, -0.2) is 0 Å². The molecule has 0 aliphatic carbocycles. The molecule has 4 unspecified atom stereocenters. The Morgan fingerprint density at radius 2 is 2.04 bits per heavy atom. The summed E-state index contributed by atoms with van der Waals surface area (Å²) < 4.78 is 16.8. The van der Waals surface area contributed by atoms with E-state index in [4.69, 9.17) is 19.2 Å². The van der Waals surface area contributed by atoms with Crippen molar-refractivity contribution in [1.82, 2.24) is 15.5 Å². The van der Waals surface area contributed by atoms with Gasteiger partial charge in [-0.05, 0) is 34.1 Å². The summed E-state index contributed by atoms with van der Waals surface area (Å²) in [5, 5.41) is 6.77. The van der Waals surface area contributed by atoms with Gasteiger partial charge in [-0.15, -0.1) is 24.0 Å². The Morgan fingerprint density at radius 1 is 1.27 bits per heavy atom. The number of nitrogens with one attached hydrogen (secondary N) is 2. The summed E-state index contributed by atoms with van der Waals surface area (Å²) in [5.41, 5.74) is 0. The van der Waals surface area contributed by atoms with Crippen LogP contribution in [0.2, 0.25) is 0 Å². The molecule has 2 saturated heterocycles. The average molecular weight is 484 g/mol. The van der Waals surface area contributed by atoms with Crippen molar-refractivity contribution >= 4 is 29.9 Å². The van der Waals surface area contributed by atoms with E-state index in [1.54, 1.807) is 0 Å². The van der Waals surface area contributed by atoms with Gasteiger partial charge in [-0.1, -0.05) is 0 Å². The lowest BCUT2D eigenvalue weighted by molar-refractivity contribution is -0.0166. The minimum atomic E-state index is 0. The molecule has 2 N–H and O–H groups in total. The topological polar surface area (TPSA) is 67.4 Å². The SMILES string of the molecule is CCNC(=NCC(C)N1CCOCC1C)NC(C)COC1CCOC1.I. The van der Waals surface area contributed by atoms with Gasteiger partial charge in [0.2, 0.25) is 0 Å². The lowest BCUT2D eigenvalue weighted by atomic mass is 10.2. The number of rotatable bonds is 8. The minimum absolute atomic E-state index is 0. The summed E-state index contributed by atoms with van der Waals surface area (Å²) in [6.45, 7) is 15.1. The molecule has 2 heterocycles. The maximum atomic E-state index is 5.89. The zero-order chi connectivity index (χ0) is 18.1. The van der Waals surface area contributed by atoms with Crippen LogP contribution in [-0.2, 0) is 14.2 Å². The highest BCUT2D eigenvalue weighted by molar-refractivity contribution is 14.0. The highest BCUT2D eigenvalue weighted by atomic mass is 127. The Hall–Kier alpha value is -0.160. The zero-order valence-corrected chi connectivity index (χ0v) is 19.0. The summed E-state index contributed by atoms with van der Waals surface area (Å²) in [6.07, 6.45) is 1.24. The van der Waals surface area contributed by atoms with Gasteiger partial charge in [0.15, 0.2) is 5.96 Å². The lowest BCUT2D eigenvalue weighted by Gasteiger charge is -2.37. The molecule has 154 valence electrons. The highest BCUT2D eigenvalue weighted by Gasteiger charge is 2.23. The Morgan fingerprint density at radius 3 is 2.69 bits per heavy atom. The van der Waals surface area contributed by atoms with Crippen molar-refractivity contribution in [2.24, 2.45) is 4.99 Å². The van der Waals surface area contributed by atoms with Crippen molar-refractivity contribution in [3.8, 4) is 0 Å². The van der Waals surface area contributed by atoms with Gasteiger partial charge >= 0.3 is 0 Å². The van der Waals surface area contributed by atoms with Crippen molar-refractivity contribution in [2.75, 3.05) is 52.7 Å². The molecule has 0 aromatic carbocycles.